The van der Waals surface area contributed by atoms with Crippen molar-refractivity contribution in [3.63, 3.8) is 0 Å². The van der Waals surface area contributed by atoms with Crippen molar-refractivity contribution in [2.75, 3.05) is 0 Å². The lowest BCUT2D eigenvalue weighted by Crippen LogP contribution is -2.25. The summed E-state index contributed by atoms with van der Waals surface area (Å²) in [7, 11) is 0. The van der Waals surface area contributed by atoms with Crippen LogP contribution in [0.25, 0.3) is 0 Å². The van der Waals surface area contributed by atoms with E-state index in [-0.39, 0.29) is 6.04 Å². The smallest absolute Gasteiger partial charge is 0.0624 e. The van der Waals surface area contributed by atoms with Crippen LogP contribution in [0, 0.1) is 6.92 Å². The van der Waals surface area contributed by atoms with E-state index in [4.69, 9.17) is 28.9 Å². The maximum absolute atomic E-state index is 6.19. The monoisotopic (exact) mass is 293 g/mol. The van der Waals surface area contributed by atoms with Crippen LogP contribution in [0.15, 0.2) is 42.5 Å². The largest absolute Gasteiger partial charge is 0.327 e. The van der Waals surface area contributed by atoms with Crippen molar-refractivity contribution in [2.45, 2.75) is 25.8 Å². The molecule has 1 atom stereocenters. The third-order valence-corrected chi connectivity index (χ3v) is 3.99. The molecule has 0 heterocycles. The van der Waals surface area contributed by atoms with Crippen molar-refractivity contribution in [1.82, 2.24) is 0 Å². The van der Waals surface area contributed by atoms with Gasteiger partial charge in [0.15, 0.2) is 0 Å². The average Bonchev–Trinajstić information content (AvgIpc) is 2.38. The van der Waals surface area contributed by atoms with Gasteiger partial charge in [0.25, 0.3) is 0 Å². The van der Waals surface area contributed by atoms with Gasteiger partial charge in [-0.2, -0.15) is 0 Å². The Balaban J connectivity index is 2.03. The number of hydrogen-bond donors (Lipinski definition) is 1. The Kier molecular flexibility index (Phi) is 4.87. The number of rotatable bonds is 4. The maximum Gasteiger partial charge on any atom is 0.0624 e. The predicted molar refractivity (Wildman–Crippen MR) is 83.0 cm³/mol. The minimum atomic E-state index is 0.0404. The summed E-state index contributed by atoms with van der Waals surface area (Å²) >= 11 is 12.2. The fourth-order valence-electron chi connectivity index (χ4n) is 2.09. The lowest BCUT2D eigenvalue weighted by atomic mass is 9.99. The van der Waals surface area contributed by atoms with Crippen LogP contribution in [-0.2, 0) is 12.8 Å². The van der Waals surface area contributed by atoms with Crippen LogP contribution >= 0.6 is 23.2 Å². The maximum atomic E-state index is 6.19. The molecule has 0 aliphatic rings. The topological polar surface area (TPSA) is 26.0 Å². The first-order chi connectivity index (χ1) is 9.06. The molecule has 2 aromatic rings. The minimum absolute atomic E-state index is 0.0404. The van der Waals surface area contributed by atoms with Crippen molar-refractivity contribution in [3.05, 3.63) is 69.2 Å². The summed E-state index contributed by atoms with van der Waals surface area (Å²) in [6, 6.07) is 14.2. The van der Waals surface area contributed by atoms with Gasteiger partial charge in [0.05, 0.1) is 10.0 Å². The highest BCUT2D eigenvalue weighted by Gasteiger charge is 2.10. The molecule has 19 heavy (non-hydrogen) atoms. The molecule has 0 aliphatic heterocycles. The van der Waals surface area contributed by atoms with Gasteiger partial charge in [-0.3, -0.25) is 0 Å². The van der Waals surface area contributed by atoms with E-state index in [1.165, 1.54) is 11.1 Å². The van der Waals surface area contributed by atoms with Gasteiger partial charge in [-0.15, -0.1) is 0 Å². The Hall–Kier alpha value is -1.02. The Morgan fingerprint density at radius 3 is 2.37 bits per heavy atom. The van der Waals surface area contributed by atoms with Crippen molar-refractivity contribution in [2.24, 2.45) is 5.73 Å². The zero-order valence-electron chi connectivity index (χ0n) is 10.9. The van der Waals surface area contributed by atoms with E-state index in [9.17, 15) is 0 Å². The van der Waals surface area contributed by atoms with Crippen molar-refractivity contribution in [1.29, 1.82) is 0 Å². The zero-order valence-corrected chi connectivity index (χ0v) is 12.4. The molecule has 0 fully saturated rings. The van der Waals surface area contributed by atoms with Crippen LogP contribution in [0.3, 0.4) is 0 Å². The molecule has 1 nitrogen and oxygen atoms in total. The van der Waals surface area contributed by atoms with E-state index in [2.05, 4.69) is 31.2 Å². The highest BCUT2D eigenvalue weighted by molar-refractivity contribution is 6.42. The van der Waals surface area contributed by atoms with Crippen LogP contribution in [0.4, 0.5) is 0 Å². The molecule has 0 aromatic heterocycles. The summed E-state index contributed by atoms with van der Waals surface area (Å²) in [4.78, 5) is 0. The van der Waals surface area contributed by atoms with Crippen LogP contribution in [0.5, 0.6) is 0 Å². The second kappa shape index (κ2) is 6.42. The molecule has 0 amide bonds. The molecule has 0 radical (unpaired) electrons. The first-order valence-corrected chi connectivity index (χ1v) is 7.06. The number of halogens is 2. The predicted octanol–water partition coefficient (Wildman–Crippen LogP) is 4.41. The van der Waals surface area contributed by atoms with Gasteiger partial charge >= 0.3 is 0 Å². The van der Waals surface area contributed by atoms with Crippen molar-refractivity contribution < 1.29 is 0 Å². The third kappa shape index (κ3) is 3.97. The standard InChI is InChI=1S/C16H17Cl2N/c1-11-5-7-12(8-6-11)9-14(19)10-13-3-2-4-15(17)16(13)18/h2-8,14H,9-10,19H2,1H3. The van der Waals surface area contributed by atoms with E-state index < -0.39 is 0 Å². The molecule has 0 aliphatic carbocycles. The van der Waals surface area contributed by atoms with Gasteiger partial charge in [0, 0.05) is 6.04 Å². The van der Waals surface area contributed by atoms with E-state index in [0.29, 0.717) is 10.0 Å². The molecule has 2 N–H and O–H groups in total. The molecule has 2 rings (SSSR count). The van der Waals surface area contributed by atoms with Crippen LogP contribution in [-0.4, -0.2) is 6.04 Å². The number of aryl methyl sites for hydroxylation is 1. The van der Waals surface area contributed by atoms with Crippen molar-refractivity contribution in [3.8, 4) is 0 Å². The molecule has 1 unspecified atom stereocenters. The minimum Gasteiger partial charge on any atom is -0.327 e. The molecule has 0 saturated heterocycles. The van der Waals surface area contributed by atoms with Gasteiger partial charge in [-0.05, 0) is 37.0 Å². The molecule has 0 saturated carbocycles. The summed E-state index contributed by atoms with van der Waals surface area (Å²) in [6.45, 7) is 2.08. The molecule has 3 heteroatoms. The summed E-state index contributed by atoms with van der Waals surface area (Å²) in [5.74, 6) is 0. The van der Waals surface area contributed by atoms with Gasteiger partial charge in [0.1, 0.15) is 0 Å². The highest BCUT2D eigenvalue weighted by atomic mass is 35.5. The summed E-state index contributed by atoms with van der Waals surface area (Å²) in [5.41, 5.74) is 9.71. The Labute approximate surface area is 124 Å². The average molecular weight is 294 g/mol. The molecular formula is C16H17Cl2N. The van der Waals surface area contributed by atoms with Crippen LogP contribution in [0.1, 0.15) is 16.7 Å². The van der Waals surface area contributed by atoms with E-state index >= 15 is 0 Å². The normalized spacial score (nSPS) is 12.4. The summed E-state index contributed by atoms with van der Waals surface area (Å²) in [6.07, 6.45) is 1.57. The van der Waals surface area contributed by atoms with Gasteiger partial charge in [-0.1, -0.05) is 65.2 Å². The highest BCUT2D eigenvalue weighted by Crippen LogP contribution is 2.26. The van der Waals surface area contributed by atoms with E-state index in [0.717, 1.165) is 18.4 Å². The Bertz CT molecular complexity index is 549. The lowest BCUT2D eigenvalue weighted by Gasteiger charge is -2.13. The molecule has 2 aromatic carbocycles. The number of benzene rings is 2. The van der Waals surface area contributed by atoms with Gasteiger partial charge in [-0.25, -0.2) is 0 Å². The van der Waals surface area contributed by atoms with Crippen LogP contribution in [0.2, 0.25) is 10.0 Å². The SMILES string of the molecule is Cc1ccc(CC(N)Cc2cccc(Cl)c2Cl)cc1. The number of nitrogens with two attached hydrogens (primary N) is 1. The second-order valence-electron chi connectivity index (χ2n) is 4.87. The van der Waals surface area contributed by atoms with Gasteiger partial charge < -0.3 is 5.73 Å². The Morgan fingerprint density at radius 1 is 1.00 bits per heavy atom. The van der Waals surface area contributed by atoms with E-state index in [1.807, 2.05) is 12.1 Å². The molecular weight excluding hydrogens is 277 g/mol. The molecule has 100 valence electrons. The lowest BCUT2D eigenvalue weighted by molar-refractivity contribution is 0.665. The molecule has 0 bridgehead atoms. The Morgan fingerprint density at radius 2 is 1.68 bits per heavy atom. The van der Waals surface area contributed by atoms with Gasteiger partial charge in [0.2, 0.25) is 0 Å². The summed E-state index contributed by atoms with van der Waals surface area (Å²) < 4.78 is 0. The number of hydrogen-bond acceptors (Lipinski definition) is 1. The third-order valence-electron chi connectivity index (χ3n) is 3.13. The van der Waals surface area contributed by atoms with E-state index in [1.54, 1.807) is 6.07 Å². The van der Waals surface area contributed by atoms with Crippen molar-refractivity contribution >= 4 is 23.2 Å². The fourth-order valence-corrected chi connectivity index (χ4v) is 2.48. The molecule has 0 spiro atoms. The quantitative estimate of drug-likeness (QED) is 0.887. The summed E-state index contributed by atoms with van der Waals surface area (Å²) in [5, 5.41) is 1.20. The first kappa shape index (κ1) is 14.4. The van der Waals surface area contributed by atoms with Crippen LogP contribution < -0.4 is 5.73 Å². The first-order valence-electron chi connectivity index (χ1n) is 6.30. The fraction of sp³-hybridized carbons (Fsp3) is 0.250. The zero-order chi connectivity index (χ0) is 13.8. The second-order valence-corrected chi connectivity index (χ2v) is 5.65.